The van der Waals surface area contributed by atoms with E-state index >= 15 is 0 Å². The predicted molar refractivity (Wildman–Crippen MR) is 123 cm³/mol. The van der Waals surface area contributed by atoms with Crippen LogP contribution in [0.25, 0.3) is 0 Å². The van der Waals surface area contributed by atoms with E-state index < -0.39 is 46.8 Å². The Hall–Kier alpha value is -2.77. The van der Waals surface area contributed by atoms with Gasteiger partial charge in [-0.3, -0.25) is 5.32 Å². The Labute approximate surface area is 208 Å². The molecule has 0 bridgehead atoms. The first kappa shape index (κ1) is 26.8. The van der Waals surface area contributed by atoms with Crippen molar-refractivity contribution in [1.29, 1.82) is 0 Å². The van der Waals surface area contributed by atoms with Gasteiger partial charge in [-0.05, 0) is 62.9 Å². The first-order valence-corrected chi connectivity index (χ1v) is 11.9. The number of aromatic nitrogens is 1. The highest BCUT2D eigenvalue weighted by Gasteiger charge is 2.24. The number of ether oxygens (including phenoxy) is 3. The Balaban J connectivity index is 1.60. The lowest BCUT2D eigenvalue weighted by Crippen LogP contribution is -2.30. The van der Waals surface area contributed by atoms with Gasteiger partial charge in [-0.25, -0.2) is 22.8 Å². The van der Waals surface area contributed by atoms with Crippen LogP contribution in [0, 0.1) is 17.5 Å². The summed E-state index contributed by atoms with van der Waals surface area (Å²) in [5.41, 5.74) is -0.745. The van der Waals surface area contributed by atoms with E-state index in [4.69, 9.17) is 21.1 Å². The van der Waals surface area contributed by atoms with Gasteiger partial charge in [-0.15, -0.1) is 4.37 Å². The Morgan fingerprint density at radius 3 is 2.66 bits per heavy atom. The molecule has 2 aromatic rings. The smallest absolute Gasteiger partial charge is 0.469 e. The van der Waals surface area contributed by atoms with Gasteiger partial charge in [0.2, 0.25) is 5.75 Å². The normalized spacial score (nSPS) is 13.5. The SMILES string of the molecule is COC(=O)Oc1c(OCc2c(F)cc(Cl)c(F)c2F)nsc1NC(=O)NCCCCN1CCCC1. The number of nitrogens with zero attached hydrogens (tertiary/aromatic N) is 2. The lowest BCUT2D eigenvalue weighted by molar-refractivity contribution is 0.119. The fraction of sp³-hybridized carbons (Fsp3) is 0.476. The lowest BCUT2D eigenvalue weighted by atomic mass is 10.2. The summed E-state index contributed by atoms with van der Waals surface area (Å²) in [4.78, 5) is 26.3. The van der Waals surface area contributed by atoms with Crippen LogP contribution in [0.5, 0.6) is 11.6 Å². The van der Waals surface area contributed by atoms with Crippen molar-refractivity contribution in [2.45, 2.75) is 32.3 Å². The molecule has 0 saturated carbocycles. The first-order chi connectivity index (χ1) is 16.8. The van der Waals surface area contributed by atoms with Crippen molar-refractivity contribution in [1.82, 2.24) is 14.6 Å². The Morgan fingerprint density at radius 1 is 1.20 bits per heavy atom. The van der Waals surface area contributed by atoms with Gasteiger partial charge in [0.05, 0.1) is 17.7 Å². The van der Waals surface area contributed by atoms with E-state index in [2.05, 4.69) is 24.6 Å². The maximum Gasteiger partial charge on any atom is 0.513 e. The summed E-state index contributed by atoms with van der Waals surface area (Å²) in [5.74, 6) is -4.79. The minimum Gasteiger partial charge on any atom is -0.469 e. The summed E-state index contributed by atoms with van der Waals surface area (Å²) in [5, 5.41) is 4.44. The van der Waals surface area contributed by atoms with Gasteiger partial charge >= 0.3 is 12.2 Å². The summed E-state index contributed by atoms with van der Waals surface area (Å²) >= 11 is 6.11. The fourth-order valence-corrected chi connectivity index (χ4v) is 4.19. The Bertz CT molecular complexity index is 1050. The molecule has 2 heterocycles. The zero-order valence-corrected chi connectivity index (χ0v) is 20.4. The number of hydrogen-bond acceptors (Lipinski definition) is 8. The van der Waals surface area contributed by atoms with Crippen LogP contribution < -0.4 is 20.1 Å². The van der Waals surface area contributed by atoms with Crippen molar-refractivity contribution in [2.75, 3.05) is 38.6 Å². The number of methoxy groups -OCH3 is 1. The van der Waals surface area contributed by atoms with Gasteiger partial charge in [0.1, 0.15) is 12.4 Å². The van der Waals surface area contributed by atoms with Gasteiger partial charge < -0.3 is 24.4 Å². The number of rotatable bonds is 10. The van der Waals surface area contributed by atoms with Crippen LogP contribution in [-0.4, -0.2) is 54.7 Å². The molecular weight excluding hydrogens is 513 g/mol. The molecule has 0 unspecified atom stereocenters. The molecule has 1 saturated heterocycles. The zero-order chi connectivity index (χ0) is 25.4. The molecule has 9 nitrogen and oxygen atoms in total. The zero-order valence-electron chi connectivity index (χ0n) is 18.8. The van der Waals surface area contributed by atoms with E-state index in [-0.39, 0.29) is 16.6 Å². The standard InChI is InChI=1S/C21H24ClF3N4O5S/c1-32-21(31)34-17-18(33-11-12-14(23)10-13(22)16(25)15(12)24)28-35-19(17)27-20(30)26-6-2-3-7-29-8-4-5-9-29/h10H,2-9,11H2,1H3,(H2,26,27,30). The van der Waals surface area contributed by atoms with E-state index in [0.717, 1.165) is 39.6 Å². The van der Waals surface area contributed by atoms with E-state index in [0.29, 0.717) is 24.1 Å². The average molecular weight is 537 g/mol. The number of amides is 2. The molecule has 0 radical (unpaired) electrons. The number of nitrogens with one attached hydrogen (secondary N) is 2. The molecule has 0 spiro atoms. The third kappa shape index (κ3) is 7.36. The van der Waals surface area contributed by atoms with Crippen LogP contribution in [0.15, 0.2) is 6.07 Å². The van der Waals surface area contributed by atoms with Crippen molar-refractivity contribution < 1.29 is 37.0 Å². The summed E-state index contributed by atoms with van der Waals surface area (Å²) in [7, 11) is 1.06. The maximum absolute atomic E-state index is 14.1. The van der Waals surface area contributed by atoms with E-state index in [1.165, 1.54) is 12.8 Å². The molecule has 35 heavy (non-hydrogen) atoms. The number of hydrogen-bond donors (Lipinski definition) is 2. The number of halogens is 4. The van der Waals surface area contributed by atoms with Crippen LogP contribution >= 0.6 is 23.1 Å². The van der Waals surface area contributed by atoms with Gasteiger partial charge in [-0.1, -0.05) is 11.6 Å². The van der Waals surface area contributed by atoms with Crippen LogP contribution in [0.4, 0.5) is 27.8 Å². The maximum atomic E-state index is 14.1. The third-order valence-corrected chi connectivity index (χ3v) is 6.15. The number of benzene rings is 1. The number of carbonyl (C=O) groups excluding carboxylic acids is 2. The Morgan fingerprint density at radius 2 is 1.94 bits per heavy atom. The monoisotopic (exact) mass is 536 g/mol. The number of urea groups is 1. The van der Waals surface area contributed by atoms with Gasteiger partial charge in [0.25, 0.3) is 5.88 Å². The molecular formula is C21H24ClF3N4O5S. The second-order valence-corrected chi connectivity index (χ2v) is 8.75. The van der Waals surface area contributed by atoms with Crippen molar-refractivity contribution in [3.8, 4) is 11.6 Å². The average Bonchev–Trinajstić information content (AvgIpc) is 3.48. The highest BCUT2D eigenvalue weighted by molar-refractivity contribution is 7.11. The van der Waals surface area contributed by atoms with E-state index in [1.807, 2.05) is 0 Å². The summed E-state index contributed by atoms with van der Waals surface area (Å²) in [6, 6.07) is 0.0292. The van der Waals surface area contributed by atoms with Crippen molar-refractivity contribution in [3.63, 3.8) is 0 Å². The Kier molecular flexibility index (Phi) is 9.81. The molecule has 3 rings (SSSR count). The predicted octanol–water partition coefficient (Wildman–Crippen LogP) is 4.94. The first-order valence-electron chi connectivity index (χ1n) is 10.8. The van der Waals surface area contributed by atoms with Gasteiger partial charge in [0, 0.05) is 6.54 Å². The summed E-state index contributed by atoms with van der Waals surface area (Å²) in [6.45, 7) is 2.83. The van der Waals surface area contributed by atoms with Crippen molar-refractivity contribution in [3.05, 3.63) is 34.1 Å². The molecule has 192 valence electrons. The minimum absolute atomic E-state index is 0.0109. The molecule has 1 aliphatic heterocycles. The third-order valence-electron chi connectivity index (χ3n) is 5.15. The van der Waals surface area contributed by atoms with Crippen LogP contribution in [0.2, 0.25) is 5.02 Å². The topological polar surface area (TPSA) is 102 Å². The molecule has 1 aromatic heterocycles. The van der Waals surface area contributed by atoms with Crippen molar-refractivity contribution in [2.24, 2.45) is 0 Å². The number of likely N-dealkylation sites (tertiary alicyclic amines) is 1. The van der Waals surface area contributed by atoms with Crippen LogP contribution in [0.3, 0.4) is 0 Å². The molecule has 14 heteroatoms. The van der Waals surface area contributed by atoms with Gasteiger partial charge in [0.15, 0.2) is 16.6 Å². The molecule has 1 aliphatic rings. The molecule has 2 amide bonds. The second kappa shape index (κ2) is 12.8. The lowest BCUT2D eigenvalue weighted by Gasteiger charge is -2.14. The molecule has 1 aromatic carbocycles. The molecule has 2 N–H and O–H groups in total. The number of unbranched alkanes of at least 4 members (excludes halogenated alkanes) is 1. The molecule has 0 aliphatic carbocycles. The number of carbonyl (C=O) groups is 2. The minimum atomic E-state index is -1.52. The second-order valence-electron chi connectivity index (χ2n) is 7.57. The molecule has 0 atom stereocenters. The van der Waals surface area contributed by atoms with Crippen LogP contribution in [-0.2, 0) is 11.3 Å². The van der Waals surface area contributed by atoms with Crippen molar-refractivity contribution >= 4 is 40.3 Å². The quantitative estimate of drug-likeness (QED) is 0.192. The highest BCUT2D eigenvalue weighted by Crippen LogP contribution is 2.40. The van der Waals surface area contributed by atoms with Crippen LogP contribution in [0.1, 0.15) is 31.2 Å². The largest absolute Gasteiger partial charge is 0.513 e. The van der Waals surface area contributed by atoms with E-state index in [9.17, 15) is 22.8 Å². The van der Waals surface area contributed by atoms with E-state index in [1.54, 1.807) is 0 Å². The summed E-state index contributed by atoms with van der Waals surface area (Å²) in [6.07, 6.45) is 3.01. The summed E-state index contributed by atoms with van der Waals surface area (Å²) < 4.78 is 60.4. The molecule has 1 fully saturated rings. The highest BCUT2D eigenvalue weighted by atomic mass is 35.5. The van der Waals surface area contributed by atoms with Gasteiger partial charge in [-0.2, -0.15) is 0 Å². The fourth-order valence-electron chi connectivity index (χ4n) is 3.35. The number of anilines is 1.